The molecule has 0 radical (unpaired) electrons. The Morgan fingerprint density at radius 3 is 2.11 bits per heavy atom. The van der Waals surface area contributed by atoms with Crippen LogP contribution < -0.4 is 11.2 Å². The molecule has 4 unspecified atom stereocenters. The molecule has 1 aliphatic rings. The molecule has 0 aliphatic carbocycles. The van der Waals surface area contributed by atoms with E-state index < -0.39 is 94.8 Å². The maximum Gasteiger partial charge on any atom is 0.510 e. The number of carbonyl (C=O) groups is 2. The third-order valence-electron chi connectivity index (χ3n) is 4.66. The van der Waals surface area contributed by atoms with Crippen molar-refractivity contribution in [3.63, 3.8) is 0 Å². The summed E-state index contributed by atoms with van der Waals surface area (Å²) in [7, 11) is -4.68. The molecule has 18 heteroatoms. The van der Waals surface area contributed by atoms with Crippen molar-refractivity contribution in [1.82, 2.24) is 9.55 Å². The lowest BCUT2D eigenvalue weighted by molar-refractivity contribution is -0.0681. The fraction of sp³-hybridized carbons (Fsp3) is 0.700. The Kier molecular flexibility index (Phi) is 11.9. The quantitative estimate of drug-likeness (QED) is 0.196. The molecule has 2 rings (SSSR count). The van der Waals surface area contributed by atoms with Crippen LogP contribution in [0, 0.1) is 5.92 Å². The third-order valence-corrected chi connectivity index (χ3v) is 5.97. The van der Waals surface area contributed by atoms with Crippen molar-refractivity contribution in [3.8, 4) is 0 Å². The largest absolute Gasteiger partial charge is 0.510 e. The number of aliphatic hydroxyl groups excluding tert-OH is 1. The topological polar surface area (TPSA) is 200 Å². The van der Waals surface area contributed by atoms with Gasteiger partial charge in [0.05, 0.1) is 31.6 Å². The zero-order chi connectivity index (χ0) is 28.5. The Morgan fingerprint density at radius 2 is 1.63 bits per heavy atom. The van der Waals surface area contributed by atoms with Gasteiger partial charge < -0.3 is 28.8 Å². The number of nitrogens with one attached hydrogen (secondary N) is 1. The third kappa shape index (κ3) is 9.49. The van der Waals surface area contributed by atoms with Gasteiger partial charge in [-0.25, -0.2) is 28.0 Å². The number of rotatable bonds is 13. The summed E-state index contributed by atoms with van der Waals surface area (Å²) < 4.78 is 66.8. The van der Waals surface area contributed by atoms with Crippen LogP contribution in [-0.2, 0) is 41.8 Å². The molecular weight excluding hydrogens is 542 g/mol. The summed E-state index contributed by atoms with van der Waals surface area (Å²) in [4.78, 5) is 48.4. The molecule has 0 spiro atoms. The lowest BCUT2D eigenvalue weighted by atomic mass is 10.00. The van der Waals surface area contributed by atoms with E-state index in [2.05, 4.69) is 9.47 Å². The van der Waals surface area contributed by atoms with Crippen LogP contribution in [0.2, 0.25) is 0 Å². The van der Waals surface area contributed by atoms with Gasteiger partial charge in [-0.2, -0.15) is 0 Å². The zero-order valence-corrected chi connectivity index (χ0v) is 21.9. The first-order valence-corrected chi connectivity index (χ1v) is 12.7. The van der Waals surface area contributed by atoms with Crippen LogP contribution in [0.3, 0.4) is 0 Å². The predicted octanol–water partition coefficient (Wildman–Crippen LogP) is 1.58. The number of ether oxygens (including phenoxy) is 5. The van der Waals surface area contributed by atoms with Gasteiger partial charge in [0.1, 0.15) is 6.10 Å². The van der Waals surface area contributed by atoms with Gasteiger partial charge in [-0.1, -0.05) is 0 Å². The Balaban J connectivity index is 2.08. The summed E-state index contributed by atoms with van der Waals surface area (Å²) in [5.41, 5.74) is -1.62. The highest BCUT2D eigenvalue weighted by atomic mass is 31.2. The Bertz CT molecular complexity index is 1060. The molecule has 2 heterocycles. The number of aromatic amines is 1. The van der Waals surface area contributed by atoms with E-state index in [1.807, 2.05) is 4.98 Å². The van der Waals surface area contributed by atoms with Gasteiger partial charge in [0.25, 0.3) is 5.56 Å². The minimum atomic E-state index is -4.68. The molecule has 1 saturated heterocycles. The Hall–Kier alpha value is -2.82. The van der Waals surface area contributed by atoms with Crippen molar-refractivity contribution < 1.29 is 60.9 Å². The number of H-pyrrole nitrogens is 1. The van der Waals surface area contributed by atoms with E-state index in [9.17, 15) is 33.2 Å². The first-order chi connectivity index (χ1) is 17.8. The molecule has 0 amide bonds. The van der Waals surface area contributed by atoms with Crippen LogP contribution >= 0.6 is 7.82 Å². The van der Waals surface area contributed by atoms with Crippen LogP contribution in [0.25, 0.3) is 0 Å². The summed E-state index contributed by atoms with van der Waals surface area (Å²) in [6.07, 6.45) is -6.58. The molecular formula is C20H30FN2O14P. The molecule has 16 nitrogen and oxygen atoms in total. The molecule has 0 bridgehead atoms. The van der Waals surface area contributed by atoms with Crippen LogP contribution in [-0.4, -0.2) is 78.3 Å². The van der Waals surface area contributed by atoms with E-state index in [1.165, 1.54) is 0 Å². The molecule has 1 fully saturated rings. The van der Waals surface area contributed by atoms with E-state index in [-0.39, 0.29) is 0 Å². The van der Waals surface area contributed by atoms with Crippen molar-refractivity contribution in [1.29, 1.82) is 0 Å². The number of carbonyl (C=O) groups excluding carboxylic acids is 2. The summed E-state index contributed by atoms with van der Waals surface area (Å²) in [6, 6.07) is 0.996. The fourth-order valence-electron chi connectivity index (χ4n) is 3.01. The number of aromatic nitrogens is 2. The number of hydrogen-bond donors (Lipinski definition) is 2. The molecule has 1 aromatic heterocycles. The van der Waals surface area contributed by atoms with Crippen molar-refractivity contribution in [2.45, 2.75) is 58.3 Å². The molecule has 1 aromatic rings. The maximum atomic E-state index is 13.7. The maximum absolute atomic E-state index is 13.7. The van der Waals surface area contributed by atoms with Gasteiger partial charge in [-0.15, -0.1) is 0 Å². The Morgan fingerprint density at radius 1 is 1.08 bits per heavy atom. The summed E-state index contributed by atoms with van der Waals surface area (Å²) in [5.74, 6) is -1.26. The van der Waals surface area contributed by atoms with Gasteiger partial charge in [0, 0.05) is 18.2 Å². The zero-order valence-electron chi connectivity index (χ0n) is 21.0. The van der Waals surface area contributed by atoms with E-state index in [4.69, 9.17) is 27.8 Å². The average molecular weight is 572 g/mol. The van der Waals surface area contributed by atoms with E-state index in [0.717, 1.165) is 16.8 Å². The highest BCUT2D eigenvalue weighted by Crippen LogP contribution is 2.50. The predicted molar refractivity (Wildman–Crippen MR) is 122 cm³/mol. The number of halogens is 1. The van der Waals surface area contributed by atoms with Crippen LogP contribution in [0.4, 0.5) is 14.0 Å². The SMILES string of the molecule is CC(C)OC(=O)OCOP(=O)(OCOC(=O)OC(C)C)OCC1OC(n2ccc(=O)[nH]c2=O)C(O)C1CF. The summed E-state index contributed by atoms with van der Waals surface area (Å²) in [6.45, 7) is 2.41. The summed E-state index contributed by atoms with van der Waals surface area (Å²) in [5, 5.41) is 10.5. The van der Waals surface area contributed by atoms with Crippen molar-refractivity contribution >= 4 is 20.1 Å². The van der Waals surface area contributed by atoms with Gasteiger partial charge in [-0.05, 0) is 27.7 Å². The van der Waals surface area contributed by atoms with E-state index in [0.29, 0.717) is 0 Å². The molecule has 2 N–H and O–H groups in total. The number of hydrogen-bond acceptors (Lipinski definition) is 14. The summed E-state index contributed by atoms with van der Waals surface area (Å²) >= 11 is 0. The van der Waals surface area contributed by atoms with Crippen molar-refractivity contribution in [2.75, 3.05) is 26.9 Å². The second kappa shape index (κ2) is 14.4. The van der Waals surface area contributed by atoms with Gasteiger partial charge >= 0.3 is 25.8 Å². The Labute approximate surface area is 215 Å². The first-order valence-electron chi connectivity index (χ1n) is 11.3. The van der Waals surface area contributed by atoms with Crippen LogP contribution in [0.15, 0.2) is 21.9 Å². The van der Waals surface area contributed by atoms with Crippen LogP contribution in [0.5, 0.6) is 0 Å². The van der Waals surface area contributed by atoms with Gasteiger partial charge in [-0.3, -0.25) is 23.3 Å². The van der Waals surface area contributed by atoms with Crippen LogP contribution in [0.1, 0.15) is 33.9 Å². The number of phosphoric ester groups is 1. The average Bonchev–Trinajstić information content (AvgIpc) is 3.11. The highest BCUT2D eigenvalue weighted by Gasteiger charge is 2.46. The normalized spacial score (nSPS) is 21.5. The lowest BCUT2D eigenvalue weighted by Gasteiger charge is -2.21. The smallest absolute Gasteiger partial charge is 0.432 e. The molecule has 0 aromatic carbocycles. The van der Waals surface area contributed by atoms with E-state index in [1.54, 1.807) is 27.7 Å². The second-order valence-electron chi connectivity index (χ2n) is 8.25. The number of aliphatic hydroxyl groups is 1. The number of phosphoric acid groups is 1. The molecule has 0 saturated carbocycles. The van der Waals surface area contributed by atoms with Gasteiger partial charge in [0.2, 0.25) is 13.6 Å². The lowest BCUT2D eigenvalue weighted by Crippen LogP contribution is -2.36. The first kappa shape index (κ1) is 31.4. The minimum absolute atomic E-state index is 0.520. The molecule has 38 heavy (non-hydrogen) atoms. The molecule has 216 valence electrons. The highest BCUT2D eigenvalue weighted by molar-refractivity contribution is 7.48. The van der Waals surface area contributed by atoms with Crippen molar-refractivity contribution in [3.05, 3.63) is 33.1 Å². The monoisotopic (exact) mass is 572 g/mol. The molecule has 4 atom stereocenters. The second-order valence-corrected chi connectivity index (χ2v) is 9.92. The number of alkyl halides is 1. The van der Waals surface area contributed by atoms with Gasteiger partial charge in [0.15, 0.2) is 6.23 Å². The standard InChI is InChI=1S/C20H30FN2O14P/c1-11(2)35-19(27)30-9-33-38(29,34-10-31-20(28)36-12(3)4)32-8-14-13(7-21)16(25)17(37-14)23-6-5-15(24)22-18(23)26/h5-6,11-14,16-17,25H,7-10H2,1-4H3,(H,22,24,26). The fourth-order valence-corrected chi connectivity index (χ4v) is 3.93. The number of nitrogens with zero attached hydrogens (tertiary/aromatic N) is 1. The van der Waals surface area contributed by atoms with Crippen molar-refractivity contribution in [2.24, 2.45) is 5.92 Å². The molecule has 1 aliphatic heterocycles. The van der Waals surface area contributed by atoms with E-state index >= 15 is 0 Å². The minimum Gasteiger partial charge on any atom is -0.432 e.